The van der Waals surface area contributed by atoms with Crippen LogP contribution in [0.15, 0.2) is 36.4 Å². The van der Waals surface area contributed by atoms with Crippen molar-refractivity contribution in [2.75, 3.05) is 11.4 Å². The number of aliphatic carboxylic acids is 1. The van der Waals surface area contributed by atoms with Crippen molar-refractivity contribution in [2.24, 2.45) is 11.8 Å². The van der Waals surface area contributed by atoms with Crippen LogP contribution < -0.4 is 10.0 Å². The van der Waals surface area contributed by atoms with Crippen LogP contribution in [-0.4, -0.2) is 30.1 Å². The molecule has 2 saturated heterocycles. The molecular formula is C17H16NO4-. The summed E-state index contributed by atoms with van der Waals surface area (Å²) in [6, 6.07) is 7.77. The topological polar surface area (TPSA) is 69.7 Å². The van der Waals surface area contributed by atoms with E-state index in [0.717, 1.165) is 12.1 Å². The molecule has 4 rings (SSSR count). The highest BCUT2D eigenvalue weighted by Gasteiger charge is 2.65. The summed E-state index contributed by atoms with van der Waals surface area (Å²) in [7, 11) is 0. The Morgan fingerprint density at radius 3 is 2.77 bits per heavy atom. The van der Waals surface area contributed by atoms with Gasteiger partial charge in [0.05, 0.1) is 18.6 Å². The zero-order valence-electron chi connectivity index (χ0n) is 12.2. The molecule has 0 aliphatic carbocycles. The van der Waals surface area contributed by atoms with E-state index in [-0.39, 0.29) is 5.91 Å². The third-order valence-corrected chi connectivity index (χ3v) is 5.03. The summed E-state index contributed by atoms with van der Waals surface area (Å²) in [5, 5.41) is 11.4. The van der Waals surface area contributed by atoms with Gasteiger partial charge in [0.2, 0.25) is 5.91 Å². The molecule has 5 nitrogen and oxygen atoms in total. The first kappa shape index (κ1) is 13.5. The Labute approximate surface area is 128 Å². The molecule has 2 bridgehead atoms. The van der Waals surface area contributed by atoms with E-state index in [1.165, 1.54) is 5.56 Å². The molecule has 5 heteroatoms. The van der Waals surface area contributed by atoms with Crippen LogP contribution in [-0.2, 0) is 20.7 Å². The number of carbonyl (C=O) groups excluding carboxylic acids is 2. The third-order valence-electron chi connectivity index (χ3n) is 5.03. The maximum atomic E-state index is 12.8. The summed E-state index contributed by atoms with van der Waals surface area (Å²) in [4.78, 5) is 25.8. The average molecular weight is 298 g/mol. The molecule has 2 fully saturated rings. The van der Waals surface area contributed by atoms with Crippen LogP contribution in [0.5, 0.6) is 0 Å². The molecule has 1 amide bonds. The normalized spacial score (nSPS) is 35.2. The van der Waals surface area contributed by atoms with Crippen LogP contribution in [0.4, 0.5) is 5.69 Å². The fraction of sp³-hybridized carbons (Fsp3) is 0.412. The quantitative estimate of drug-likeness (QED) is 0.752. The van der Waals surface area contributed by atoms with Crippen LogP contribution in [0, 0.1) is 11.8 Å². The zero-order valence-corrected chi connectivity index (χ0v) is 12.2. The number of carbonyl (C=O) groups is 2. The molecule has 0 radical (unpaired) electrons. The summed E-state index contributed by atoms with van der Waals surface area (Å²) in [6.45, 7) is 2.43. The highest BCUT2D eigenvalue weighted by atomic mass is 16.5. The van der Waals surface area contributed by atoms with Crippen molar-refractivity contribution >= 4 is 17.6 Å². The Morgan fingerprint density at radius 1 is 1.41 bits per heavy atom. The lowest BCUT2D eigenvalue weighted by Gasteiger charge is -2.24. The molecule has 0 N–H and O–H groups in total. The molecule has 0 saturated carbocycles. The monoisotopic (exact) mass is 298 g/mol. The minimum atomic E-state index is -1.21. The minimum absolute atomic E-state index is 0.190. The van der Waals surface area contributed by atoms with Crippen molar-refractivity contribution in [3.63, 3.8) is 0 Å². The number of benzene rings is 1. The SMILES string of the molecule is CCc1ccc(N2C[C@]34C=C[C@@H](O3)[C@H](C(=O)[O-])[C@@H]4C2=O)cc1. The van der Waals surface area contributed by atoms with Gasteiger partial charge in [0.1, 0.15) is 5.60 Å². The Kier molecular flexibility index (Phi) is 2.72. The molecule has 1 aromatic rings. The zero-order chi connectivity index (χ0) is 15.5. The van der Waals surface area contributed by atoms with Crippen molar-refractivity contribution in [3.05, 3.63) is 42.0 Å². The molecule has 0 aromatic heterocycles. The van der Waals surface area contributed by atoms with Crippen LogP contribution in [0.2, 0.25) is 0 Å². The standard InChI is InChI=1S/C17H17NO4/c1-2-10-3-5-11(6-4-10)18-9-17-8-7-12(22-17)13(16(20)21)14(17)15(18)19/h3-8,12-14H,2,9H2,1H3,(H,20,21)/p-1/t12-,13+,14-,17+/m1/s1. The lowest BCUT2D eigenvalue weighted by atomic mass is 9.77. The van der Waals surface area contributed by atoms with Crippen LogP contribution in [0.25, 0.3) is 0 Å². The molecule has 3 aliphatic rings. The molecular weight excluding hydrogens is 282 g/mol. The second-order valence-corrected chi connectivity index (χ2v) is 6.16. The van der Waals surface area contributed by atoms with E-state index in [1.807, 2.05) is 30.3 Å². The van der Waals surface area contributed by atoms with Gasteiger partial charge in [0.25, 0.3) is 0 Å². The molecule has 22 heavy (non-hydrogen) atoms. The number of aryl methyl sites for hydroxylation is 1. The fourth-order valence-electron chi connectivity index (χ4n) is 3.90. The summed E-state index contributed by atoms with van der Waals surface area (Å²) < 4.78 is 5.83. The Balaban J connectivity index is 1.70. The molecule has 114 valence electrons. The molecule has 3 aliphatic heterocycles. The lowest BCUT2D eigenvalue weighted by Crippen LogP contribution is -2.45. The smallest absolute Gasteiger partial charge is 0.234 e. The second-order valence-electron chi connectivity index (χ2n) is 6.16. The summed E-state index contributed by atoms with van der Waals surface area (Å²) in [6.07, 6.45) is 3.98. The number of rotatable bonds is 3. The summed E-state index contributed by atoms with van der Waals surface area (Å²) >= 11 is 0. The highest BCUT2D eigenvalue weighted by Crippen LogP contribution is 2.52. The van der Waals surface area contributed by atoms with Crippen molar-refractivity contribution in [1.29, 1.82) is 0 Å². The Morgan fingerprint density at radius 2 is 2.14 bits per heavy atom. The van der Waals surface area contributed by atoms with E-state index in [2.05, 4.69) is 6.92 Å². The highest BCUT2D eigenvalue weighted by molar-refractivity contribution is 6.02. The number of amides is 1. The first-order chi connectivity index (χ1) is 10.6. The van der Waals surface area contributed by atoms with Crippen molar-refractivity contribution < 1.29 is 19.4 Å². The molecule has 4 atom stereocenters. The fourth-order valence-corrected chi connectivity index (χ4v) is 3.90. The van der Waals surface area contributed by atoms with E-state index in [9.17, 15) is 14.7 Å². The van der Waals surface area contributed by atoms with Gasteiger partial charge in [0.15, 0.2) is 0 Å². The van der Waals surface area contributed by atoms with Crippen molar-refractivity contribution in [3.8, 4) is 0 Å². The number of hydrogen-bond acceptors (Lipinski definition) is 4. The molecule has 1 aromatic carbocycles. The number of ether oxygens (including phenoxy) is 1. The summed E-state index contributed by atoms with van der Waals surface area (Å²) in [5.74, 6) is -2.97. The Bertz CT molecular complexity index is 680. The van der Waals surface area contributed by atoms with Gasteiger partial charge in [-0.3, -0.25) is 4.79 Å². The van der Waals surface area contributed by atoms with Gasteiger partial charge in [-0.25, -0.2) is 0 Å². The van der Waals surface area contributed by atoms with E-state index in [0.29, 0.717) is 6.54 Å². The van der Waals surface area contributed by atoms with Crippen LogP contribution >= 0.6 is 0 Å². The van der Waals surface area contributed by atoms with Crippen LogP contribution in [0.3, 0.4) is 0 Å². The molecule has 0 unspecified atom stereocenters. The number of carboxylic acids is 1. The van der Waals surface area contributed by atoms with E-state index >= 15 is 0 Å². The number of fused-ring (bicyclic) bond motifs is 1. The van der Waals surface area contributed by atoms with Gasteiger partial charge in [-0.05, 0) is 24.1 Å². The predicted octanol–water partition coefficient (Wildman–Crippen LogP) is 0.285. The first-order valence-electron chi connectivity index (χ1n) is 7.54. The van der Waals surface area contributed by atoms with E-state index < -0.39 is 29.5 Å². The van der Waals surface area contributed by atoms with Crippen molar-refractivity contribution in [1.82, 2.24) is 0 Å². The largest absolute Gasteiger partial charge is 0.550 e. The maximum Gasteiger partial charge on any atom is 0.234 e. The number of carboxylic acid groups (broad SMARTS) is 1. The lowest BCUT2D eigenvalue weighted by molar-refractivity contribution is -0.313. The van der Waals surface area contributed by atoms with Gasteiger partial charge >= 0.3 is 0 Å². The van der Waals surface area contributed by atoms with Crippen LogP contribution in [0.1, 0.15) is 12.5 Å². The molecule has 1 spiro atoms. The average Bonchev–Trinajstić information content (AvgIpc) is 3.15. The maximum absolute atomic E-state index is 12.8. The number of anilines is 1. The van der Waals surface area contributed by atoms with E-state index in [1.54, 1.807) is 11.0 Å². The van der Waals surface area contributed by atoms with Crippen molar-refractivity contribution in [2.45, 2.75) is 25.0 Å². The van der Waals surface area contributed by atoms with Gasteiger partial charge < -0.3 is 19.5 Å². The number of nitrogens with zero attached hydrogens (tertiary/aromatic N) is 1. The van der Waals surface area contributed by atoms with Gasteiger partial charge in [-0.1, -0.05) is 31.2 Å². The second kappa shape index (κ2) is 4.43. The van der Waals surface area contributed by atoms with E-state index in [4.69, 9.17) is 4.74 Å². The summed E-state index contributed by atoms with van der Waals surface area (Å²) in [5.41, 5.74) is 1.16. The minimum Gasteiger partial charge on any atom is -0.550 e. The van der Waals surface area contributed by atoms with Gasteiger partial charge in [-0.2, -0.15) is 0 Å². The van der Waals surface area contributed by atoms with Gasteiger partial charge in [-0.15, -0.1) is 0 Å². The van der Waals surface area contributed by atoms with Gasteiger partial charge in [0, 0.05) is 17.6 Å². The predicted molar refractivity (Wildman–Crippen MR) is 76.9 cm³/mol. The third kappa shape index (κ3) is 1.63. The number of hydrogen-bond donors (Lipinski definition) is 0. The molecule has 3 heterocycles. The first-order valence-corrected chi connectivity index (χ1v) is 7.54. The Hall–Kier alpha value is -2.14.